The van der Waals surface area contributed by atoms with Gasteiger partial charge in [0, 0.05) is 11.8 Å². The van der Waals surface area contributed by atoms with E-state index in [4.69, 9.17) is 5.11 Å². The van der Waals surface area contributed by atoms with E-state index < -0.39 is 17.6 Å². The van der Waals surface area contributed by atoms with Gasteiger partial charge in [-0.15, -0.1) is 0 Å². The zero-order valence-corrected chi connectivity index (χ0v) is 9.23. The number of carboxylic acid groups (broad SMARTS) is 1. The molecule has 1 aromatic carbocycles. The number of pyridine rings is 1. The Bertz CT molecular complexity index is 599. The van der Waals surface area contributed by atoms with Crippen molar-refractivity contribution in [2.24, 2.45) is 0 Å². The maximum Gasteiger partial charge on any atom is 0.307 e. The molecule has 5 heteroatoms. The van der Waals surface area contributed by atoms with Crippen LogP contribution in [0.3, 0.4) is 0 Å². The molecule has 0 bridgehead atoms. The van der Waals surface area contributed by atoms with Crippen molar-refractivity contribution in [3.05, 3.63) is 53.7 Å². The molecule has 0 saturated heterocycles. The number of carbonyl (C=O) groups is 1. The zero-order valence-electron chi connectivity index (χ0n) is 9.23. The number of hydrogen-bond acceptors (Lipinski definition) is 2. The standard InChI is InChI=1S/C13H9F2NO2/c14-10-4-2-1-3-9(10)13-11(15)5-8(7-16-13)6-12(17)18/h1-5,7H,6H2,(H,17,18). The number of aromatic nitrogens is 1. The molecule has 0 aliphatic carbocycles. The van der Waals surface area contributed by atoms with Crippen LogP contribution in [0.4, 0.5) is 8.78 Å². The Balaban J connectivity index is 2.42. The van der Waals surface area contributed by atoms with Crippen molar-refractivity contribution in [3.8, 4) is 11.3 Å². The number of hydrogen-bond donors (Lipinski definition) is 1. The normalized spacial score (nSPS) is 10.3. The summed E-state index contributed by atoms with van der Waals surface area (Å²) < 4.78 is 27.2. The number of halogens is 2. The lowest BCUT2D eigenvalue weighted by atomic mass is 10.1. The molecule has 18 heavy (non-hydrogen) atoms. The highest BCUT2D eigenvalue weighted by Gasteiger charge is 2.12. The molecule has 3 nitrogen and oxygen atoms in total. The van der Waals surface area contributed by atoms with Gasteiger partial charge < -0.3 is 5.11 Å². The lowest BCUT2D eigenvalue weighted by molar-refractivity contribution is -0.136. The summed E-state index contributed by atoms with van der Waals surface area (Å²) in [4.78, 5) is 14.3. The monoisotopic (exact) mass is 249 g/mol. The largest absolute Gasteiger partial charge is 0.481 e. The molecule has 0 amide bonds. The highest BCUT2D eigenvalue weighted by molar-refractivity contribution is 5.70. The lowest BCUT2D eigenvalue weighted by Crippen LogP contribution is -2.02. The van der Waals surface area contributed by atoms with Gasteiger partial charge in [-0.1, -0.05) is 12.1 Å². The van der Waals surface area contributed by atoms with Gasteiger partial charge in [-0.05, 0) is 23.8 Å². The molecular formula is C13H9F2NO2. The van der Waals surface area contributed by atoms with Gasteiger partial charge in [0.05, 0.1) is 6.42 Å². The molecule has 1 aromatic heterocycles. The minimum atomic E-state index is -1.07. The van der Waals surface area contributed by atoms with Crippen LogP contribution in [0.2, 0.25) is 0 Å². The second-order valence-electron chi connectivity index (χ2n) is 3.72. The number of rotatable bonds is 3. The van der Waals surface area contributed by atoms with Crippen LogP contribution in [-0.4, -0.2) is 16.1 Å². The van der Waals surface area contributed by atoms with Crippen molar-refractivity contribution >= 4 is 5.97 Å². The van der Waals surface area contributed by atoms with Gasteiger partial charge in [-0.2, -0.15) is 0 Å². The first-order valence-electron chi connectivity index (χ1n) is 5.19. The van der Waals surface area contributed by atoms with E-state index >= 15 is 0 Å². The molecule has 0 atom stereocenters. The summed E-state index contributed by atoms with van der Waals surface area (Å²) in [5.74, 6) is -2.39. The molecule has 0 spiro atoms. The van der Waals surface area contributed by atoms with E-state index in [1.807, 2.05) is 0 Å². The first-order valence-corrected chi connectivity index (χ1v) is 5.19. The van der Waals surface area contributed by atoms with E-state index in [0.29, 0.717) is 0 Å². The van der Waals surface area contributed by atoms with Crippen LogP contribution in [0.15, 0.2) is 36.5 Å². The molecule has 0 unspecified atom stereocenters. The fourth-order valence-electron chi connectivity index (χ4n) is 1.60. The van der Waals surface area contributed by atoms with Crippen molar-refractivity contribution in [1.29, 1.82) is 0 Å². The van der Waals surface area contributed by atoms with Crippen LogP contribution < -0.4 is 0 Å². The quantitative estimate of drug-likeness (QED) is 0.909. The van der Waals surface area contributed by atoms with Gasteiger partial charge in [-0.3, -0.25) is 9.78 Å². The molecule has 1 N–H and O–H groups in total. The van der Waals surface area contributed by atoms with Gasteiger partial charge in [0.2, 0.25) is 0 Å². The fraction of sp³-hybridized carbons (Fsp3) is 0.0769. The van der Waals surface area contributed by atoms with Gasteiger partial charge in [0.25, 0.3) is 0 Å². The van der Waals surface area contributed by atoms with Crippen molar-refractivity contribution < 1.29 is 18.7 Å². The Hall–Kier alpha value is -2.30. The topological polar surface area (TPSA) is 50.2 Å². The fourth-order valence-corrected chi connectivity index (χ4v) is 1.60. The molecule has 92 valence electrons. The van der Waals surface area contributed by atoms with E-state index in [9.17, 15) is 13.6 Å². The Morgan fingerprint density at radius 1 is 1.22 bits per heavy atom. The van der Waals surface area contributed by atoms with Crippen LogP contribution in [0.1, 0.15) is 5.56 Å². The molecule has 0 radical (unpaired) electrons. The third kappa shape index (κ3) is 2.51. The average molecular weight is 249 g/mol. The van der Waals surface area contributed by atoms with Crippen molar-refractivity contribution in [2.75, 3.05) is 0 Å². The molecule has 1 heterocycles. The highest BCUT2D eigenvalue weighted by atomic mass is 19.1. The number of aliphatic carboxylic acids is 1. The molecule has 0 fully saturated rings. The SMILES string of the molecule is O=C(O)Cc1cnc(-c2ccccc2F)c(F)c1. The van der Waals surface area contributed by atoms with Gasteiger partial charge in [-0.25, -0.2) is 8.78 Å². The molecule has 0 aliphatic rings. The average Bonchev–Trinajstić information content (AvgIpc) is 2.30. The number of carboxylic acids is 1. The highest BCUT2D eigenvalue weighted by Crippen LogP contribution is 2.23. The van der Waals surface area contributed by atoms with Crippen molar-refractivity contribution in [1.82, 2.24) is 4.98 Å². The molecule has 0 saturated carbocycles. The van der Waals surface area contributed by atoms with Crippen LogP contribution in [0.25, 0.3) is 11.3 Å². The van der Waals surface area contributed by atoms with Gasteiger partial charge >= 0.3 is 5.97 Å². The minimum Gasteiger partial charge on any atom is -0.481 e. The first-order chi connectivity index (χ1) is 8.58. The van der Waals surface area contributed by atoms with E-state index in [1.54, 1.807) is 6.07 Å². The summed E-state index contributed by atoms with van der Waals surface area (Å²) in [5.41, 5.74) is 0.166. The third-order valence-electron chi connectivity index (χ3n) is 2.38. The predicted octanol–water partition coefficient (Wildman–Crippen LogP) is 2.65. The van der Waals surface area contributed by atoms with E-state index in [0.717, 1.165) is 6.07 Å². The summed E-state index contributed by atoms with van der Waals surface area (Å²) in [5, 5.41) is 8.58. The summed E-state index contributed by atoms with van der Waals surface area (Å²) in [6.45, 7) is 0. The van der Waals surface area contributed by atoms with E-state index in [2.05, 4.69) is 4.98 Å². The second kappa shape index (κ2) is 4.91. The molecule has 0 aliphatic heterocycles. The van der Waals surface area contributed by atoms with E-state index in [1.165, 1.54) is 24.4 Å². The number of nitrogens with zero attached hydrogens (tertiary/aromatic N) is 1. The molecule has 2 aromatic rings. The Morgan fingerprint density at radius 3 is 2.56 bits per heavy atom. The lowest BCUT2D eigenvalue weighted by Gasteiger charge is -2.05. The maximum atomic E-state index is 13.7. The zero-order chi connectivity index (χ0) is 13.1. The third-order valence-corrected chi connectivity index (χ3v) is 2.38. The Morgan fingerprint density at radius 2 is 1.94 bits per heavy atom. The van der Waals surface area contributed by atoms with Crippen LogP contribution >= 0.6 is 0 Å². The summed E-state index contributed by atoms with van der Waals surface area (Å²) in [7, 11) is 0. The first kappa shape index (κ1) is 12.2. The van der Waals surface area contributed by atoms with Crippen molar-refractivity contribution in [3.63, 3.8) is 0 Å². The Labute approximate surface area is 102 Å². The maximum absolute atomic E-state index is 13.7. The van der Waals surface area contributed by atoms with Gasteiger partial charge in [0.15, 0.2) is 0 Å². The molecule has 2 rings (SSSR count). The summed E-state index contributed by atoms with van der Waals surface area (Å²) >= 11 is 0. The van der Waals surface area contributed by atoms with Crippen molar-refractivity contribution in [2.45, 2.75) is 6.42 Å². The molecular weight excluding hydrogens is 240 g/mol. The van der Waals surface area contributed by atoms with Gasteiger partial charge in [0.1, 0.15) is 17.3 Å². The smallest absolute Gasteiger partial charge is 0.307 e. The second-order valence-corrected chi connectivity index (χ2v) is 3.72. The Kier molecular flexibility index (Phi) is 3.32. The predicted molar refractivity (Wildman–Crippen MR) is 60.9 cm³/mol. The van der Waals surface area contributed by atoms with Crippen LogP contribution in [0, 0.1) is 11.6 Å². The minimum absolute atomic E-state index is 0.0527. The van der Waals surface area contributed by atoms with E-state index in [-0.39, 0.29) is 23.2 Å². The summed E-state index contributed by atoms with van der Waals surface area (Å²) in [6, 6.07) is 6.75. The van der Waals surface area contributed by atoms with Crippen LogP contribution in [0.5, 0.6) is 0 Å². The van der Waals surface area contributed by atoms with Crippen LogP contribution in [-0.2, 0) is 11.2 Å². The number of benzene rings is 1. The summed E-state index contributed by atoms with van der Waals surface area (Å²) in [6.07, 6.45) is 0.917.